The number of thiazole rings is 1. The average molecular weight is 514 g/mol. The molecule has 1 N–H and O–H groups in total. The van der Waals surface area contributed by atoms with E-state index in [1.54, 1.807) is 17.5 Å². The van der Waals surface area contributed by atoms with Gasteiger partial charge in [-0.25, -0.2) is 9.37 Å². The van der Waals surface area contributed by atoms with E-state index >= 15 is 0 Å². The first-order chi connectivity index (χ1) is 17.2. The number of para-hydroxylation sites is 1. The summed E-state index contributed by atoms with van der Waals surface area (Å²) in [6.45, 7) is 3.04. The lowest BCUT2D eigenvalue weighted by Crippen LogP contribution is -2.23. The molecular formula is C27H23F4N3OS. The van der Waals surface area contributed by atoms with Crippen LogP contribution in [-0.2, 0) is 25.8 Å². The largest absolute Gasteiger partial charge is 0.416 e. The molecule has 0 aliphatic rings. The summed E-state index contributed by atoms with van der Waals surface area (Å²) in [5, 5.41) is 4.71. The minimum Gasteiger partial charge on any atom is -0.318 e. The highest BCUT2D eigenvalue weighted by Crippen LogP contribution is 2.30. The smallest absolute Gasteiger partial charge is 0.318 e. The van der Waals surface area contributed by atoms with Gasteiger partial charge in [0, 0.05) is 18.5 Å². The van der Waals surface area contributed by atoms with Crippen LogP contribution in [0.4, 0.5) is 23.2 Å². The Morgan fingerprint density at radius 3 is 2.39 bits per heavy atom. The topological polar surface area (TPSA) is 45.2 Å². The van der Waals surface area contributed by atoms with E-state index in [0.717, 1.165) is 23.3 Å². The standard InChI is InChI=1S/C27H23F4N3OS/c1-18-9-11-19(12-10-18)14-34(15-20-5-4-6-21(13-20)27(29,30)31)16-25-32-24(17-36-25)26(35)33-23-8-3-2-7-22(23)28/h2-13,17H,14-16H2,1H3,(H,33,35). The summed E-state index contributed by atoms with van der Waals surface area (Å²) in [5.41, 5.74) is 2.13. The molecule has 0 atom stereocenters. The number of amides is 1. The predicted molar refractivity (Wildman–Crippen MR) is 132 cm³/mol. The molecule has 0 radical (unpaired) electrons. The SMILES string of the molecule is Cc1ccc(CN(Cc2cccc(C(F)(F)F)c2)Cc2nc(C(=O)Nc3ccccc3F)cs2)cc1. The first kappa shape index (κ1) is 25.5. The third kappa shape index (κ3) is 6.77. The number of aromatic nitrogens is 1. The van der Waals surface area contributed by atoms with Crippen LogP contribution < -0.4 is 5.32 Å². The van der Waals surface area contributed by atoms with Gasteiger partial charge in [0.15, 0.2) is 0 Å². The van der Waals surface area contributed by atoms with Crippen molar-refractivity contribution in [3.63, 3.8) is 0 Å². The highest BCUT2D eigenvalue weighted by Gasteiger charge is 2.30. The Morgan fingerprint density at radius 1 is 0.944 bits per heavy atom. The quantitative estimate of drug-likeness (QED) is 0.257. The van der Waals surface area contributed by atoms with E-state index in [0.29, 0.717) is 23.7 Å². The lowest BCUT2D eigenvalue weighted by atomic mass is 10.1. The number of hydrogen-bond acceptors (Lipinski definition) is 4. The first-order valence-electron chi connectivity index (χ1n) is 11.1. The normalized spacial score (nSPS) is 11.6. The highest BCUT2D eigenvalue weighted by atomic mass is 32.1. The summed E-state index contributed by atoms with van der Waals surface area (Å²) >= 11 is 1.26. The number of halogens is 4. The second-order valence-electron chi connectivity index (χ2n) is 8.39. The van der Waals surface area contributed by atoms with Crippen molar-refractivity contribution in [3.8, 4) is 0 Å². The lowest BCUT2D eigenvalue weighted by molar-refractivity contribution is -0.137. The highest BCUT2D eigenvalue weighted by molar-refractivity contribution is 7.09. The summed E-state index contributed by atoms with van der Waals surface area (Å²) < 4.78 is 53.5. The third-order valence-corrected chi connectivity index (χ3v) is 6.29. The zero-order valence-electron chi connectivity index (χ0n) is 19.3. The van der Waals surface area contributed by atoms with Gasteiger partial charge in [-0.2, -0.15) is 13.2 Å². The van der Waals surface area contributed by atoms with Crippen molar-refractivity contribution < 1.29 is 22.4 Å². The Labute approximate surface area is 210 Å². The molecule has 0 saturated carbocycles. The maximum atomic E-state index is 13.9. The Balaban J connectivity index is 1.52. The summed E-state index contributed by atoms with van der Waals surface area (Å²) in [7, 11) is 0. The molecule has 36 heavy (non-hydrogen) atoms. The minimum absolute atomic E-state index is 0.0580. The van der Waals surface area contributed by atoms with Crippen molar-refractivity contribution in [2.75, 3.05) is 5.32 Å². The number of anilines is 1. The van der Waals surface area contributed by atoms with Gasteiger partial charge in [0.2, 0.25) is 0 Å². The van der Waals surface area contributed by atoms with Crippen LogP contribution in [0.1, 0.15) is 37.7 Å². The number of aryl methyl sites for hydroxylation is 1. The zero-order valence-corrected chi connectivity index (χ0v) is 20.2. The number of alkyl halides is 3. The van der Waals surface area contributed by atoms with Gasteiger partial charge in [0.05, 0.1) is 17.8 Å². The van der Waals surface area contributed by atoms with Crippen LogP contribution in [0.15, 0.2) is 78.2 Å². The fraction of sp³-hybridized carbons (Fsp3) is 0.185. The molecule has 0 bridgehead atoms. The number of nitrogens with one attached hydrogen (secondary N) is 1. The molecule has 0 aliphatic heterocycles. The number of benzene rings is 3. The molecule has 4 rings (SSSR count). The number of carbonyl (C=O) groups is 1. The maximum absolute atomic E-state index is 13.9. The lowest BCUT2D eigenvalue weighted by Gasteiger charge is -2.22. The molecule has 9 heteroatoms. The Morgan fingerprint density at radius 2 is 1.67 bits per heavy atom. The molecule has 186 valence electrons. The Hall–Kier alpha value is -3.56. The molecule has 0 spiro atoms. The van der Waals surface area contributed by atoms with Crippen molar-refractivity contribution in [2.45, 2.75) is 32.7 Å². The van der Waals surface area contributed by atoms with E-state index in [4.69, 9.17) is 0 Å². The van der Waals surface area contributed by atoms with E-state index < -0.39 is 23.5 Å². The van der Waals surface area contributed by atoms with Gasteiger partial charge in [-0.15, -0.1) is 11.3 Å². The molecule has 1 amide bonds. The fourth-order valence-corrected chi connectivity index (χ4v) is 4.47. The van der Waals surface area contributed by atoms with Gasteiger partial charge in [-0.05, 0) is 36.2 Å². The maximum Gasteiger partial charge on any atom is 0.416 e. The first-order valence-corrected chi connectivity index (χ1v) is 12.0. The van der Waals surface area contributed by atoms with Crippen molar-refractivity contribution in [1.29, 1.82) is 0 Å². The van der Waals surface area contributed by atoms with Gasteiger partial charge in [-0.1, -0.05) is 60.2 Å². The summed E-state index contributed by atoms with van der Waals surface area (Å²) in [4.78, 5) is 18.9. The fourth-order valence-electron chi connectivity index (χ4n) is 3.65. The second kappa shape index (κ2) is 11.0. The van der Waals surface area contributed by atoms with E-state index in [2.05, 4.69) is 10.3 Å². The van der Waals surface area contributed by atoms with Gasteiger partial charge in [0.25, 0.3) is 5.91 Å². The molecular weight excluding hydrogens is 490 g/mol. The van der Waals surface area contributed by atoms with Crippen LogP contribution in [0, 0.1) is 12.7 Å². The predicted octanol–water partition coefficient (Wildman–Crippen LogP) is 7.06. The number of rotatable bonds is 8. The van der Waals surface area contributed by atoms with Crippen molar-refractivity contribution in [2.24, 2.45) is 0 Å². The van der Waals surface area contributed by atoms with E-state index in [1.165, 1.54) is 35.6 Å². The van der Waals surface area contributed by atoms with E-state index in [-0.39, 0.29) is 17.9 Å². The summed E-state index contributed by atoms with van der Waals surface area (Å²) in [6, 6.07) is 19.0. The molecule has 4 aromatic rings. The molecule has 0 unspecified atom stereocenters. The van der Waals surface area contributed by atoms with Crippen LogP contribution >= 0.6 is 11.3 Å². The van der Waals surface area contributed by atoms with Crippen LogP contribution in [0.5, 0.6) is 0 Å². The van der Waals surface area contributed by atoms with Crippen molar-refractivity contribution in [3.05, 3.63) is 117 Å². The van der Waals surface area contributed by atoms with Gasteiger partial charge in [-0.3, -0.25) is 9.69 Å². The molecule has 1 aromatic heterocycles. The molecule has 1 heterocycles. The number of hydrogen-bond donors (Lipinski definition) is 1. The van der Waals surface area contributed by atoms with E-state index in [9.17, 15) is 22.4 Å². The van der Waals surface area contributed by atoms with Crippen molar-refractivity contribution in [1.82, 2.24) is 9.88 Å². The monoisotopic (exact) mass is 513 g/mol. The van der Waals surface area contributed by atoms with Crippen LogP contribution in [0.3, 0.4) is 0 Å². The zero-order chi connectivity index (χ0) is 25.7. The van der Waals surface area contributed by atoms with Gasteiger partial charge >= 0.3 is 6.18 Å². The summed E-state index contributed by atoms with van der Waals surface area (Å²) in [5.74, 6) is -1.09. The molecule has 3 aromatic carbocycles. The molecule has 4 nitrogen and oxygen atoms in total. The number of nitrogens with zero attached hydrogens (tertiary/aromatic N) is 2. The Bertz CT molecular complexity index is 1340. The summed E-state index contributed by atoms with van der Waals surface area (Å²) in [6.07, 6.45) is -4.42. The van der Waals surface area contributed by atoms with E-state index in [1.807, 2.05) is 36.1 Å². The van der Waals surface area contributed by atoms with Gasteiger partial charge < -0.3 is 5.32 Å². The number of carbonyl (C=O) groups excluding carboxylic acids is 1. The van der Waals surface area contributed by atoms with Crippen molar-refractivity contribution >= 4 is 22.9 Å². The van der Waals surface area contributed by atoms with Gasteiger partial charge in [0.1, 0.15) is 16.5 Å². The van der Waals surface area contributed by atoms with Crippen LogP contribution in [-0.4, -0.2) is 15.8 Å². The second-order valence-corrected chi connectivity index (χ2v) is 9.33. The molecule has 0 fully saturated rings. The average Bonchev–Trinajstić information content (AvgIpc) is 3.30. The third-order valence-electron chi connectivity index (χ3n) is 5.45. The van der Waals surface area contributed by atoms with Crippen LogP contribution in [0.25, 0.3) is 0 Å². The molecule has 0 aliphatic carbocycles. The van der Waals surface area contributed by atoms with Crippen LogP contribution in [0.2, 0.25) is 0 Å². The molecule has 0 saturated heterocycles. The minimum atomic E-state index is -4.42. The Kier molecular flexibility index (Phi) is 7.81.